The molecule has 1 aliphatic heterocycles. The van der Waals surface area contributed by atoms with E-state index in [0.29, 0.717) is 0 Å². The molecule has 0 radical (unpaired) electrons. The van der Waals surface area contributed by atoms with Crippen molar-refractivity contribution in [3.8, 4) is 0 Å². The molecule has 4 heteroatoms. The predicted molar refractivity (Wildman–Crippen MR) is 84.6 cm³/mol. The van der Waals surface area contributed by atoms with E-state index < -0.39 is 0 Å². The van der Waals surface area contributed by atoms with E-state index in [1.165, 1.54) is 6.42 Å². The molecule has 1 aromatic rings. The Hall–Kier alpha value is -1.09. The van der Waals surface area contributed by atoms with Gasteiger partial charge in [0.25, 0.3) is 0 Å². The molecule has 1 aromatic carbocycles. The van der Waals surface area contributed by atoms with Crippen LogP contribution in [0.4, 0.5) is 5.69 Å². The van der Waals surface area contributed by atoms with Gasteiger partial charge in [-0.25, -0.2) is 0 Å². The largest absolute Gasteiger partial charge is 0.267 e. The highest BCUT2D eigenvalue weighted by Gasteiger charge is 2.41. The van der Waals surface area contributed by atoms with Gasteiger partial charge in [-0.15, -0.1) is 5.11 Å². The quantitative estimate of drug-likeness (QED) is 0.644. The summed E-state index contributed by atoms with van der Waals surface area (Å²) in [6, 6.07) is 5.70. The molecule has 0 amide bonds. The fourth-order valence-electron chi connectivity index (χ4n) is 3.05. The van der Waals surface area contributed by atoms with Crippen LogP contribution in [0.25, 0.3) is 0 Å². The van der Waals surface area contributed by atoms with Crippen molar-refractivity contribution < 1.29 is 0 Å². The summed E-state index contributed by atoms with van der Waals surface area (Å²) in [5, 5.41) is 11.9. The molecule has 1 fully saturated rings. The van der Waals surface area contributed by atoms with E-state index in [1.54, 1.807) is 0 Å². The summed E-state index contributed by atoms with van der Waals surface area (Å²) >= 11 is 5.97. The maximum Gasteiger partial charge on any atom is 0.0904 e. The Morgan fingerprint density at radius 3 is 2.25 bits per heavy atom. The molecule has 0 atom stereocenters. The summed E-state index contributed by atoms with van der Waals surface area (Å²) in [6.45, 7) is 11.0. The van der Waals surface area contributed by atoms with Gasteiger partial charge >= 0.3 is 0 Å². The lowest BCUT2D eigenvalue weighted by atomic mass is 9.82. The summed E-state index contributed by atoms with van der Waals surface area (Å²) in [4.78, 5) is 0. The van der Waals surface area contributed by atoms with Crippen molar-refractivity contribution in [2.45, 2.75) is 65.0 Å². The van der Waals surface area contributed by atoms with Crippen LogP contribution < -0.4 is 0 Å². The molecule has 1 aliphatic rings. The van der Waals surface area contributed by atoms with Crippen molar-refractivity contribution >= 4 is 17.3 Å². The maximum absolute atomic E-state index is 5.97. The lowest BCUT2D eigenvalue weighted by Crippen LogP contribution is -2.55. The van der Waals surface area contributed by atoms with E-state index >= 15 is 0 Å². The molecule has 3 nitrogen and oxygen atoms in total. The highest BCUT2D eigenvalue weighted by Crippen LogP contribution is 2.39. The Morgan fingerprint density at radius 2 is 1.70 bits per heavy atom. The number of aryl methyl sites for hydroxylation is 1. The van der Waals surface area contributed by atoms with E-state index in [-0.39, 0.29) is 11.1 Å². The van der Waals surface area contributed by atoms with Gasteiger partial charge in [-0.05, 0) is 77.6 Å². The third kappa shape index (κ3) is 3.14. The van der Waals surface area contributed by atoms with Gasteiger partial charge in [-0.1, -0.05) is 16.8 Å². The average Bonchev–Trinajstić information content (AvgIpc) is 2.29. The Morgan fingerprint density at radius 1 is 1.10 bits per heavy atom. The van der Waals surface area contributed by atoms with Crippen LogP contribution in [0.3, 0.4) is 0 Å². The zero-order chi connectivity index (χ0) is 15.0. The molecular weight excluding hydrogens is 270 g/mol. The molecule has 20 heavy (non-hydrogen) atoms. The van der Waals surface area contributed by atoms with Crippen molar-refractivity contribution in [2.24, 2.45) is 10.3 Å². The number of rotatable bonds is 2. The lowest BCUT2D eigenvalue weighted by Gasteiger charge is -2.50. The van der Waals surface area contributed by atoms with E-state index in [0.717, 1.165) is 29.1 Å². The lowest BCUT2D eigenvalue weighted by molar-refractivity contribution is -0.0318. The Bertz CT molecular complexity index is 504. The highest BCUT2D eigenvalue weighted by molar-refractivity contribution is 6.30. The topological polar surface area (TPSA) is 28.0 Å². The van der Waals surface area contributed by atoms with Crippen LogP contribution in [0.1, 0.15) is 52.5 Å². The van der Waals surface area contributed by atoms with Crippen molar-refractivity contribution in [1.82, 2.24) is 5.01 Å². The number of piperidine rings is 1. The summed E-state index contributed by atoms with van der Waals surface area (Å²) in [5.74, 6) is 0. The molecule has 110 valence electrons. The smallest absolute Gasteiger partial charge is 0.0904 e. The summed E-state index contributed by atoms with van der Waals surface area (Å²) < 4.78 is 0. The van der Waals surface area contributed by atoms with Gasteiger partial charge in [0.2, 0.25) is 0 Å². The Labute approximate surface area is 127 Å². The van der Waals surface area contributed by atoms with Gasteiger partial charge in [0.05, 0.1) is 16.8 Å². The minimum absolute atomic E-state index is 0.0472. The molecule has 0 saturated carbocycles. The van der Waals surface area contributed by atoms with E-state index in [9.17, 15) is 0 Å². The first-order valence-corrected chi connectivity index (χ1v) is 7.58. The first-order valence-electron chi connectivity index (χ1n) is 7.20. The Balaban J connectivity index is 2.28. The zero-order valence-corrected chi connectivity index (χ0v) is 13.8. The molecule has 0 unspecified atom stereocenters. The van der Waals surface area contributed by atoms with Gasteiger partial charge in [0.15, 0.2) is 0 Å². The number of hydrogen-bond acceptors (Lipinski definition) is 2. The van der Waals surface area contributed by atoms with Crippen LogP contribution in [0.2, 0.25) is 5.02 Å². The van der Waals surface area contributed by atoms with E-state index in [4.69, 9.17) is 11.6 Å². The standard InChI is InChI=1S/C16H24ClN3/c1-12-11-13(17)7-8-14(12)18-19-20-15(2,3)9-6-10-16(20,4)5/h7-8,11H,6,9-10H2,1-5H3/b19-18+. The third-order valence-electron chi connectivity index (χ3n) is 4.12. The minimum atomic E-state index is 0.0472. The van der Waals surface area contributed by atoms with Crippen LogP contribution in [-0.4, -0.2) is 16.1 Å². The normalized spacial score (nSPS) is 21.4. The van der Waals surface area contributed by atoms with Crippen molar-refractivity contribution in [2.75, 3.05) is 0 Å². The average molecular weight is 294 g/mol. The van der Waals surface area contributed by atoms with Crippen LogP contribution in [0.15, 0.2) is 28.5 Å². The second-order valence-corrected chi connectivity index (χ2v) is 7.35. The molecule has 0 bridgehead atoms. The fourth-order valence-corrected chi connectivity index (χ4v) is 3.28. The number of nitrogens with zero attached hydrogens (tertiary/aromatic N) is 3. The molecule has 0 spiro atoms. The maximum atomic E-state index is 5.97. The summed E-state index contributed by atoms with van der Waals surface area (Å²) in [5.41, 5.74) is 2.03. The van der Waals surface area contributed by atoms with Crippen LogP contribution in [-0.2, 0) is 0 Å². The van der Waals surface area contributed by atoms with Gasteiger partial charge in [-0.2, -0.15) is 0 Å². The number of benzene rings is 1. The van der Waals surface area contributed by atoms with Crippen LogP contribution in [0, 0.1) is 6.92 Å². The first kappa shape index (κ1) is 15.3. The molecule has 1 saturated heterocycles. The second kappa shape index (κ2) is 5.36. The first-order chi connectivity index (χ1) is 9.22. The highest BCUT2D eigenvalue weighted by atomic mass is 35.5. The number of halogens is 1. The van der Waals surface area contributed by atoms with Crippen LogP contribution in [0.5, 0.6) is 0 Å². The zero-order valence-electron chi connectivity index (χ0n) is 13.1. The van der Waals surface area contributed by atoms with Crippen molar-refractivity contribution in [1.29, 1.82) is 0 Å². The molecule has 0 aliphatic carbocycles. The van der Waals surface area contributed by atoms with Gasteiger partial charge in [0, 0.05) is 5.02 Å². The van der Waals surface area contributed by atoms with E-state index in [2.05, 4.69) is 43.0 Å². The summed E-state index contributed by atoms with van der Waals surface area (Å²) in [7, 11) is 0. The molecule has 0 aromatic heterocycles. The molecule has 1 heterocycles. The van der Waals surface area contributed by atoms with Crippen molar-refractivity contribution in [3.05, 3.63) is 28.8 Å². The summed E-state index contributed by atoms with van der Waals surface area (Å²) in [6.07, 6.45) is 3.54. The molecule has 2 rings (SSSR count). The second-order valence-electron chi connectivity index (χ2n) is 6.91. The molecule has 0 N–H and O–H groups in total. The van der Waals surface area contributed by atoms with Crippen LogP contribution >= 0.6 is 11.6 Å². The monoisotopic (exact) mass is 293 g/mol. The third-order valence-corrected chi connectivity index (χ3v) is 4.36. The predicted octanol–water partition coefficient (Wildman–Crippen LogP) is 5.69. The van der Waals surface area contributed by atoms with Gasteiger partial charge < -0.3 is 0 Å². The SMILES string of the molecule is Cc1cc(Cl)ccc1/N=N/N1C(C)(C)CCCC1(C)C. The van der Waals surface area contributed by atoms with Gasteiger partial charge in [-0.3, -0.25) is 5.01 Å². The fraction of sp³-hybridized carbons (Fsp3) is 0.625. The minimum Gasteiger partial charge on any atom is -0.267 e. The molecular formula is C16H24ClN3. The number of hydrogen-bond donors (Lipinski definition) is 0. The van der Waals surface area contributed by atoms with Gasteiger partial charge in [0.1, 0.15) is 0 Å². The Kier molecular flexibility index (Phi) is 4.10. The van der Waals surface area contributed by atoms with E-state index in [1.807, 2.05) is 25.1 Å². The van der Waals surface area contributed by atoms with Crippen molar-refractivity contribution in [3.63, 3.8) is 0 Å².